The van der Waals surface area contributed by atoms with Crippen LogP contribution in [0.25, 0.3) is 10.9 Å². The molecule has 25 heavy (non-hydrogen) atoms. The lowest BCUT2D eigenvalue weighted by molar-refractivity contribution is -0.130. The predicted octanol–water partition coefficient (Wildman–Crippen LogP) is 0.424. The molecule has 0 radical (unpaired) electrons. The molecule has 132 valence electrons. The molecule has 1 fully saturated rings. The summed E-state index contributed by atoms with van der Waals surface area (Å²) in [5, 5.41) is 15.6. The van der Waals surface area contributed by atoms with Crippen LogP contribution in [-0.4, -0.2) is 45.9 Å². The summed E-state index contributed by atoms with van der Waals surface area (Å²) in [6.45, 7) is 1.51. The van der Waals surface area contributed by atoms with Crippen LogP contribution in [0.5, 0.6) is 0 Å². The minimum absolute atomic E-state index is 0.00509. The summed E-state index contributed by atoms with van der Waals surface area (Å²) < 4.78 is 0. The van der Waals surface area contributed by atoms with Crippen molar-refractivity contribution in [3.05, 3.63) is 36.0 Å². The molecule has 7 heteroatoms. The lowest BCUT2D eigenvalue weighted by atomic mass is 10.0. The normalized spacial score (nSPS) is 18.6. The third kappa shape index (κ3) is 4.24. The molecule has 1 aromatic carbocycles. The number of H-pyrrole nitrogens is 1. The number of aromatic amines is 1. The Bertz CT molecular complexity index is 812. The fraction of sp³-hybridized carbons (Fsp3) is 0.389. The quantitative estimate of drug-likeness (QED) is 0.584. The van der Waals surface area contributed by atoms with E-state index in [-0.39, 0.29) is 18.1 Å². The highest BCUT2D eigenvalue weighted by Crippen LogP contribution is 2.20. The van der Waals surface area contributed by atoms with E-state index in [1.165, 1.54) is 6.92 Å². The molecule has 2 aromatic rings. The first-order valence-corrected chi connectivity index (χ1v) is 8.29. The van der Waals surface area contributed by atoms with Crippen LogP contribution in [0.15, 0.2) is 30.5 Å². The van der Waals surface area contributed by atoms with Gasteiger partial charge in [-0.3, -0.25) is 14.4 Å². The minimum Gasteiger partial charge on any atom is -0.393 e. The van der Waals surface area contributed by atoms with Crippen molar-refractivity contribution >= 4 is 28.5 Å². The van der Waals surface area contributed by atoms with Crippen LogP contribution in [0.4, 0.5) is 0 Å². The summed E-state index contributed by atoms with van der Waals surface area (Å²) in [6.07, 6.45) is 1.57. The number of fused-ring (bicyclic) bond motifs is 1. The first-order chi connectivity index (χ1) is 11.9. The predicted molar refractivity (Wildman–Crippen MR) is 91.8 cm³/mol. The Balaban J connectivity index is 1.76. The average molecular weight is 343 g/mol. The molecule has 3 atom stereocenters. The maximum Gasteiger partial charge on any atom is 0.243 e. The molecule has 1 heterocycles. The van der Waals surface area contributed by atoms with E-state index in [9.17, 15) is 19.5 Å². The molecular formula is C18H21N3O4. The molecule has 3 rings (SSSR count). The van der Waals surface area contributed by atoms with E-state index in [4.69, 9.17) is 0 Å². The summed E-state index contributed by atoms with van der Waals surface area (Å²) >= 11 is 0. The van der Waals surface area contributed by atoms with Crippen LogP contribution in [0.3, 0.4) is 0 Å². The van der Waals surface area contributed by atoms with Gasteiger partial charge in [-0.25, -0.2) is 0 Å². The first kappa shape index (κ1) is 17.2. The number of benzene rings is 1. The Hall–Kier alpha value is -2.67. The number of Topliss-reactive ketones (excluding diaryl/α,β-unsaturated/α-hetero) is 1. The molecule has 1 aromatic heterocycles. The topological polar surface area (TPSA) is 111 Å². The Labute approximate surface area is 144 Å². The molecule has 0 aliphatic heterocycles. The lowest BCUT2D eigenvalue weighted by Gasteiger charge is -2.18. The van der Waals surface area contributed by atoms with Gasteiger partial charge in [0.15, 0.2) is 5.78 Å². The molecule has 7 nitrogen and oxygen atoms in total. The monoisotopic (exact) mass is 343 g/mol. The largest absolute Gasteiger partial charge is 0.393 e. The van der Waals surface area contributed by atoms with Crippen molar-refractivity contribution < 1.29 is 19.5 Å². The Kier molecular flexibility index (Phi) is 4.85. The molecular weight excluding hydrogens is 322 g/mol. The molecule has 1 aliphatic rings. The molecule has 4 N–H and O–H groups in total. The maximum absolute atomic E-state index is 12.5. The molecule has 2 amide bonds. The number of ketones is 1. The molecule has 1 saturated carbocycles. The van der Waals surface area contributed by atoms with Gasteiger partial charge in [0, 0.05) is 29.9 Å². The molecule has 1 aliphatic carbocycles. The van der Waals surface area contributed by atoms with Gasteiger partial charge >= 0.3 is 0 Å². The van der Waals surface area contributed by atoms with Crippen molar-refractivity contribution in [3.63, 3.8) is 0 Å². The van der Waals surface area contributed by atoms with Gasteiger partial charge in [-0.2, -0.15) is 0 Å². The van der Waals surface area contributed by atoms with E-state index < -0.39 is 24.1 Å². The second-order valence-electron chi connectivity index (χ2n) is 6.47. The van der Waals surface area contributed by atoms with E-state index in [0.717, 1.165) is 16.5 Å². The molecule has 1 unspecified atom stereocenters. The summed E-state index contributed by atoms with van der Waals surface area (Å²) in [4.78, 5) is 38.8. The number of rotatable bonds is 7. The van der Waals surface area contributed by atoms with Crippen LogP contribution in [0.2, 0.25) is 0 Å². The number of hydrogen-bond donors (Lipinski definition) is 4. The maximum atomic E-state index is 12.5. The van der Waals surface area contributed by atoms with Crippen molar-refractivity contribution in [3.8, 4) is 0 Å². The van der Waals surface area contributed by atoms with Gasteiger partial charge in [0.2, 0.25) is 11.8 Å². The zero-order chi connectivity index (χ0) is 18.0. The second kappa shape index (κ2) is 7.06. The minimum atomic E-state index is -0.807. The van der Waals surface area contributed by atoms with Gasteiger partial charge < -0.3 is 20.7 Å². The molecule has 0 spiro atoms. The van der Waals surface area contributed by atoms with Gasteiger partial charge in [-0.05, 0) is 18.6 Å². The fourth-order valence-corrected chi connectivity index (χ4v) is 2.80. The number of para-hydroxylation sites is 1. The van der Waals surface area contributed by atoms with E-state index in [2.05, 4.69) is 15.6 Å². The number of aliphatic hydroxyl groups is 1. The van der Waals surface area contributed by atoms with Crippen LogP contribution in [-0.2, 0) is 20.8 Å². The Morgan fingerprint density at radius 1 is 1.36 bits per heavy atom. The zero-order valence-corrected chi connectivity index (χ0v) is 13.9. The van der Waals surface area contributed by atoms with E-state index in [1.54, 1.807) is 0 Å². The van der Waals surface area contributed by atoms with Crippen LogP contribution in [0, 0.1) is 0 Å². The standard InChI is InChI=1S/C18H21N3O4/c1-10(22)6-17(24)20-15(18(25)21-14-8-16(14)23)7-11-9-19-13-5-3-2-4-12(11)13/h2-5,9-10,14-15,19,22H,6-8H2,1H3,(H,20,24)(H,21,25)/t10-,14?,15-/m1/s1. The van der Waals surface area contributed by atoms with Crippen molar-refractivity contribution in [2.24, 2.45) is 0 Å². The number of aromatic nitrogens is 1. The van der Waals surface area contributed by atoms with E-state index in [1.807, 2.05) is 30.5 Å². The Morgan fingerprint density at radius 3 is 2.76 bits per heavy atom. The van der Waals surface area contributed by atoms with Crippen molar-refractivity contribution in [1.82, 2.24) is 15.6 Å². The number of hydrogen-bond acceptors (Lipinski definition) is 4. The Morgan fingerprint density at radius 2 is 2.08 bits per heavy atom. The van der Waals surface area contributed by atoms with Crippen LogP contribution < -0.4 is 10.6 Å². The average Bonchev–Trinajstić information content (AvgIpc) is 3.08. The lowest BCUT2D eigenvalue weighted by Crippen LogP contribution is -2.49. The van der Waals surface area contributed by atoms with Crippen molar-refractivity contribution in [1.29, 1.82) is 0 Å². The fourth-order valence-electron chi connectivity index (χ4n) is 2.80. The highest BCUT2D eigenvalue weighted by molar-refractivity contribution is 6.03. The number of carbonyl (C=O) groups excluding carboxylic acids is 3. The third-order valence-electron chi connectivity index (χ3n) is 4.18. The van der Waals surface area contributed by atoms with Gasteiger partial charge in [-0.15, -0.1) is 0 Å². The number of nitrogens with one attached hydrogen (secondary N) is 3. The van der Waals surface area contributed by atoms with E-state index in [0.29, 0.717) is 12.8 Å². The summed E-state index contributed by atoms with van der Waals surface area (Å²) in [6, 6.07) is 6.45. The first-order valence-electron chi connectivity index (χ1n) is 8.29. The van der Waals surface area contributed by atoms with Crippen LogP contribution in [0.1, 0.15) is 25.3 Å². The van der Waals surface area contributed by atoms with Crippen molar-refractivity contribution in [2.75, 3.05) is 0 Å². The van der Waals surface area contributed by atoms with Gasteiger partial charge in [0.25, 0.3) is 0 Å². The molecule has 0 saturated heterocycles. The number of carbonyl (C=O) groups is 3. The number of amides is 2. The smallest absolute Gasteiger partial charge is 0.243 e. The highest BCUT2D eigenvalue weighted by atomic mass is 16.3. The summed E-state index contributed by atoms with van der Waals surface area (Å²) in [5.74, 6) is -0.799. The van der Waals surface area contributed by atoms with E-state index >= 15 is 0 Å². The summed E-state index contributed by atoms with van der Waals surface area (Å²) in [5.41, 5.74) is 1.85. The number of aliphatic hydroxyl groups excluding tert-OH is 1. The highest BCUT2D eigenvalue weighted by Gasteiger charge is 2.37. The van der Waals surface area contributed by atoms with Crippen molar-refractivity contribution in [2.45, 2.75) is 44.4 Å². The zero-order valence-electron chi connectivity index (χ0n) is 13.9. The van der Waals surface area contributed by atoms with Gasteiger partial charge in [-0.1, -0.05) is 18.2 Å². The molecule has 0 bridgehead atoms. The van der Waals surface area contributed by atoms with Gasteiger partial charge in [0.05, 0.1) is 18.6 Å². The van der Waals surface area contributed by atoms with Crippen LogP contribution >= 0.6 is 0 Å². The SMILES string of the molecule is C[C@@H](O)CC(=O)N[C@H](Cc1c[nH]c2ccccc12)C(=O)NC1CC1=O. The second-order valence-corrected chi connectivity index (χ2v) is 6.47. The van der Waals surface area contributed by atoms with Gasteiger partial charge in [0.1, 0.15) is 6.04 Å². The summed E-state index contributed by atoms with van der Waals surface area (Å²) in [7, 11) is 0. The third-order valence-corrected chi connectivity index (χ3v) is 4.18.